The Hall–Kier alpha value is -0.200. The summed E-state index contributed by atoms with van der Waals surface area (Å²) in [6.07, 6.45) is 1.53. The van der Waals surface area contributed by atoms with Gasteiger partial charge < -0.3 is 14.9 Å². The van der Waals surface area contributed by atoms with Gasteiger partial charge in [-0.1, -0.05) is 13.3 Å². The van der Waals surface area contributed by atoms with Crippen molar-refractivity contribution >= 4 is 0 Å². The van der Waals surface area contributed by atoms with Crippen LogP contribution >= 0.6 is 0 Å². The lowest BCUT2D eigenvalue weighted by Gasteiger charge is -2.19. The molecule has 0 spiro atoms. The maximum absolute atomic E-state index is 9.06. The first-order chi connectivity index (χ1) is 7.78. The molecule has 0 aromatic rings. The molecule has 16 heavy (non-hydrogen) atoms. The van der Waals surface area contributed by atoms with Crippen molar-refractivity contribution in [3.05, 3.63) is 0 Å². The van der Waals surface area contributed by atoms with E-state index in [2.05, 4.69) is 6.92 Å². The summed E-state index contributed by atoms with van der Waals surface area (Å²) in [4.78, 5) is 9.52. The molecule has 2 atom stereocenters. The highest BCUT2D eigenvalue weighted by molar-refractivity contribution is 4.59. The van der Waals surface area contributed by atoms with E-state index in [1.54, 1.807) is 0 Å². The Morgan fingerprint density at radius 1 is 1.00 bits per heavy atom. The van der Waals surface area contributed by atoms with Crippen LogP contribution in [0.25, 0.3) is 0 Å². The minimum Gasteiger partial charge on any atom is -0.396 e. The van der Waals surface area contributed by atoms with E-state index in [1.165, 1.54) is 0 Å². The minimum absolute atomic E-state index is 0.109. The van der Waals surface area contributed by atoms with Crippen molar-refractivity contribution in [3.63, 3.8) is 0 Å². The van der Waals surface area contributed by atoms with E-state index >= 15 is 0 Å². The van der Waals surface area contributed by atoms with Gasteiger partial charge in [0, 0.05) is 12.5 Å². The SMILES string of the molecule is CCCC(CO)COC(CO)COOCC. The monoisotopic (exact) mass is 236 g/mol. The highest BCUT2D eigenvalue weighted by atomic mass is 17.2. The third-order valence-electron chi connectivity index (χ3n) is 2.18. The lowest BCUT2D eigenvalue weighted by Crippen LogP contribution is -2.27. The first-order valence-corrected chi connectivity index (χ1v) is 5.86. The van der Waals surface area contributed by atoms with Crippen LogP contribution in [0.3, 0.4) is 0 Å². The van der Waals surface area contributed by atoms with Gasteiger partial charge in [0.05, 0.1) is 19.8 Å². The molecular weight excluding hydrogens is 212 g/mol. The Labute approximate surface area is 97.2 Å². The maximum Gasteiger partial charge on any atom is 0.111 e. The molecule has 0 amide bonds. The topological polar surface area (TPSA) is 68.2 Å². The zero-order chi connectivity index (χ0) is 12.2. The normalized spacial score (nSPS) is 15.0. The molecule has 0 heterocycles. The predicted molar refractivity (Wildman–Crippen MR) is 59.9 cm³/mol. The Morgan fingerprint density at radius 2 is 1.75 bits per heavy atom. The highest BCUT2D eigenvalue weighted by Crippen LogP contribution is 2.07. The maximum atomic E-state index is 9.06. The van der Waals surface area contributed by atoms with Gasteiger partial charge in [-0.2, -0.15) is 0 Å². The average Bonchev–Trinajstić information content (AvgIpc) is 2.31. The van der Waals surface area contributed by atoms with Crippen LogP contribution in [0.5, 0.6) is 0 Å². The van der Waals surface area contributed by atoms with E-state index in [0.717, 1.165) is 12.8 Å². The summed E-state index contributed by atoms with van der Waals surface area (Å²) in [5, 5.41) is 18.1. The Morgan fingerprint density at radius 3 is 2.25 bits per heavy atom. The molecule has 0 aliphatic rings. The van der Waals surface area contributed by atoms with E-state index in [4.69, 9.17) is 24.7 Å². The molecule has 0 rings (SSSR count). The molecule has 0 aromatic heterocycles. The molecular formula is C11H24O5. The van der Waals surface area contributed by atoms with E-state index in [0.29, 0.717) is 13.2 Å². The molecule has 2 N–H and O–H groups in total. The smallest absolute Gasteiger partial charge is 0.111 e. The molecule has 5 heteroatoms. The Balaban J connectivity index is 3.66. The van der Waals surface area contributed by atoms with Crippen LogP contribution in [0.2, 0.25) is 0 Å². The summed E-state index contributed by atoms with van der Waals surface area (Å²) in [6, 6.07) is 0. The Kier molecular flexibility index (Phi) is 11.1. The van der Waals surface area contributed by atoms with Crippen LogP contribution in [-0.2, 0) is 14.5 Å². The lowest BCUT2D eigenvalue weighted by molar-refractivity contribution is -0.306. The van der Waals surface area contributed by atoms with Crippen molar-refractivity contribution in [1.82, 2.24) is 0 Å². The van der Waals surface area contributed by atoms with Gasteiger partial charge in [0.2, 0.25) is 0 Å². The van der Waals surface area contributed by atoms with Crippen molar-refractivity contribution < 1.29 is 24.7 Å². The van der Waals surface area contributed by atoms with Gasteiger partial charge in [-0.05, 0) is 13.3 Å². The summed E-state index contributed by atoms with van der Waals surface area (Å²) in [7, 11) is 0. The fourth-order valence-electron chi connectivity index (χ4n) is 1.27. The van der Waals surface area contributed by atoms with E-state index in [1.807, 2.05) is 6.92 Å². The van der Waals surface area contributed by atoms with Gasteiger partial charge >= 0.3 is 0 Å². The minimum atomic E-state index is -0.391. The summed E-state index contributed by atoms with van der Waals surface area (Å²) in [6.45, 7) is 4.98. The first-order valence-electron chi connectivity index (χ1n) is 5.86. The first kappa shape index (κ1) is 15.8. The van der Waals surface area contributed by atoms with Crippen molar-refractivity contribution in [2.75, 3.05) is 33.0 Å². The van der Waals surface area contributed by atoms with Crippen LogP contribution in [0.15, 0.2) is 0 Å². The molecule has 0 saturated heterocycles. The number of ether oxygens (including phenoxy) is 1. The number of hydrogen-bond acceptors (Lipinski definition) is 5. The van der Waals surface area contributed by atoms with Gasteiger partial charge in [-0.15, -0.1) is 0 Å². The summed E-state index contributed by atoms with van der Waals surface area (Å²) < 4.78 is 5.43. The second-order valence-electron chi connectivity index (χ2n) is 3.67. The number of aliphatic hydroxyl groups excluding tert-OH is 2. The predicted octanol–water partition coefficient (Wildman–Crippen LogP) is 0.741. The molecule has 0 bridgehead atoms. The van der Waals surface area contributed by atoms with E-state index in [9.17, 15) is 0 Å². The molecule has 0 aliphatic heterocycles. The van der Waals surface area contributed by atoms with Gasteiger partial charge in [-0.25, -0.2) is 9.78 Å². The van der Waals surface area contributed by atoms with Crippen LogP contribution in [0.1, 0.15) is 26.7 Å². The third kappa shape index (κ3) is 8.01. The summed E-state index contributed by atoms with van der Waals surface area (Å²) in [5.74, 6) is 0.131. The molecule has 0 aromatic carbocycles. The fourth-order valence-corrected chi connectivity index (χ4v) is 1.27. The van der Waals surface area contributed by atoms with Crippen LogP contribution in [0.4, 0.5) is 0 Å². The second-order valence-corrected chi connectivity index (χ2v) is 3.67. The molecule has 0 fully saturated rings. The quantitative estimate of drug-likeness (QED) is 0.314. The van der Waals surface area contributed by atoms with Gasteiger partial charge in [-0.3, -0.25) is 0 Å². The molecule has 98 valence electrons. The largest absolute Gasteiger partial charge is 0.396 e. The standard InChI is InChI=1S/C11H24O5/c1-3-5-10(6-12)8-14-11(7-13)9-16-15-4-2/h10-13H,3-9H2,1-2H3. The zero-order valence-corrected chi connectivity index (χ0v) is 10.2. The molecule has 2 unspecified atom stereocenters. The van der Waals surface area contributed by atoms with Crippen molar-refractivity contribution in [3.8, 4) is 0 Å². The van der Waals surface area contributed by atoms with E-state index < -0.39 is 6.10 Å². The summed E-state index contributed by atoms with van der Waals surface area (Å²) >= 11 is 0. The molecule has 5 nitrogen and oxygen atoms in total. The number of aliphatic hydroxyl groups is 2. The van der Waals surface area contributed by atoms with Gasteiger partial charge in [0.25, 0.3) is 0 Å². The van der Waals surface area contributed by atoms with Crippen molar-refractivity contribution in [2.24, 2.45) is 5.92 Å². The van der Waals surface area contributed by atoms with Crippen LogP contribution < -0.4 is 0 Å². The third-order valence-corrected chi connectivity index (χ3v) is 2.18. The Bertz CT molecular complexity index is 142. The highest BCUT2D eigenvalue weighted by Gasteiger charge is 2.13. The second kappa shape index (κ2) is 11.3. The van der Waals surface area contributed by atoms with Crippen LogP contribution in [0, 0.1) is 5.92 Å². The number of rotatable bonds is 11. The molecule has 0 saturated carbocycles. The van der Waals surface area contributed by atoms with Crippen molar-refractivity contribution in [2.45, 2.75) is 32.8 Å². The zero-order valence-electron chi connectivity index (χ0n) is 10.2. The lowest BCUT2D eigenvalue weighted by atomic mass is 10.1. The average molecular weight is 236 g/mol. The van der Waals surface area contributed by atoms with Crippen molar-refractivity contribution in [1.29, 1.82) is 0 Å². The molecule has 0 radical (unpaired) electrons. The number of hydrogen-bond donors (Lipinski definition) is 2. The van der Waals surface area contributed by atoms with E-state index in [-0.39, 0.29) is 25.7 Å². The fraction of sp³-hybridized carbons (Fsp3) is 1.00. The molecule has 0 aliphatic carbocycles. The van der Waals surface area contributed by atoms with Gasteiger partial charge in [0.1, 0.15) is 12.7 Å². The summed E-state index contributed by atoms with van der Waals surface area (Å²) in [5.41, 5.74) is 0. The van der Waals surface area contributed by atoms with Crippen LogP contribution in [-0.4, -0.2) is 49.4 Å². The van der Waals surface area contributed by atoms with Gasteiger partial charge in [0.15, 0.2) is 0 Å².